The van der Waals surface area contributed by atoms with Crippen molar-refractivity contribution >= 4 is 17.3 Å². The topological polar surface area (TPSA) is 67.6 Å². The first kappa shape index (κ1) is 16.8. The summed E-state index contributed by atoms with van der Waals surface area (Å²) < 4.78 is 5.43. The molecule has 0 saturated heterocycles. The van der Waals surface area contributed by atoms with E-state index in [9.17, 15) is 10.1 Å². The van der Waals surface area contributed by atoms with Crippen molar-refractivity contribution in [3.05, 3.63) is 38.9 Å². The van der Waals surface area contributed by atoms with Crippen LogP contribution in [-0.2, 0) is 11.3 Å². The van der Waals surface area contributed by atoms with E-state index in [1.165, 1.54) is 6.07 Å². The monoisotopic (exact) mass is 301 g/mol. The molecule has 0 unspecified atom stereocenters. The van der Waals surface area contributed by atoms with Gasteiger partial charge in [-0.1, -0.05) is 17.7 Å². The summed E-state index contributed by atoms with van der Waals surface area (Å²) >= 11 is 5.75. The molecule has 1 N–H and O–H groups in total. The molecule has 0 amide bonds. The Morgan fingerprint density at radius 2 is 2.15 bits per heavy atom. The highest BCUT2D eigenvalue weighted by Gasteiger charge is 2.12. The molecule has 0 aromatic heterocycles. The number of likely N-dealkylation sites (N-methyl/N-ethyl adjacent to an activating group) is 1. The van der Waals surface area contributed by atoms with E-state index in [2.05, 4.69) is 10.2 Å². The van der Waals surface area contributed by atoms with Gasteiger partial charge in [-0.15, -0.1) is 0 Å². The zero-order chi connectivity index (χ0) is 15.0. The van der Waals surface area contributed by atoms with Gasteiger partial charge in [0.15, 0.2) is 0 Å². The van der Waals surface area contributed by atoms with Crippen LogP contribution in [0.3, 0.4) is 0 Å². The summed E-state index contributed by atoms with van der Waals surface area (Å²) in [6.07, 6.45) is 0. The Balaban J connectivity index is 2.25. The molecule has 112 valence electrons. The van der Waals surface area contributed by atoms with Crippen LogP contribution in [-0.4, -0.2) is 50.2 Å². The van der Waals surface area contributed by atoms with Crippen LogP contribution in [0.25, 0.3) is 0 Å². The molecule has 7 heteroatoms. The van der Waals surface area contributed by atoms with Gasteiger partial charge >= 0.3 is 0 Å². The molecule has 0 atom stereocenters. The highest BCUT2D eigenvalue weighted by Crippen LogP contribution is 2.24. The van der Waals surface area contributed by atoms with Crippen LogP contribution in [0.2, 0.25) is 5.02 Å². The summed E-state index contributed by atoms with van der Waals surface area (Å²) in [4.78, 5) is 12.3. The minimum atomic E-state index is -0.476. The molecule has 0 radical (unpaired) electrons. The fraction of sp³-hybridized carbons (Fsp3) is 0.538. The molecule has 0 saturated carbocycles. The minimum Gasteiger partial charge on any atom is -0.379 e. The number of nitrogens with zero attached hydrogens (tertiary/aromatic N) is 2. The summed E-state index contributed by atoms with van der Waals surface area (Å²) in [5, 5.41) is 14.1. The summed E-state index contributed by atoms with van der Waals surface area (Å²) in [6.45, 7) is 3.45. The highest BCUT2D eigenvalue weighted by atomic mass is 35.5. The summed E-state index contributed by atoms with van der Waals surface area (Å²) in [5.41, 5.74) is 0.766. The Bertz CT molecular complexity index is 441. The number of benzene rings is 1. The predicted molar refractivity (Wildman–Crippen MR) is 79.2 cm³/mol. The Labute approximate surface area is 123 Å². The van der Waals surface area contributed by atoms with Gasteiger partial charge in [-0.05, 0) is 25.7 Å². The van der Waals surface area contributed by atoms with E-state index in [1.54, 1.807) is 12.1 Å². The van der Waals surface area contributed by atoms with Gasteiger partial charge in [-0.2, -0.15) is 0 Å². The summed E-state index contributed by atoms with van der Waals surface area (Å²) in [5.74, 6) is 0. The molecule has 0 bridgehead atoms. The van der Waals surface area contributed by atoms with Crippen molar-refractivity contribution in [2.45, 2.75) is 6.54 Å². The maximum Gasteiger partial charge on any atom is 0.288 e. The van der Waals surface area contributed by atoms with Gasteiger partial charge in [0.05, 0.1) is 18.1 Å². The van der Waals surface area contributed by atoms with Gasteiger partial charge in [0.25, 0.3) is 5.69 Å². The molecule has 20 heavy (non-hydrogen) atoms. The second-order valence-electron chi connectivity index (χ2n) is 4.64. The van der Waals surface area contributed by atoms with E-state index in [1.807, 2.05) is 14.1 Å². The number of hydrogen-bond donors (Lipinski definition) is 1. The van der Waals surface area contributed by atoms with Crippen LogP contribution in [0.1, 0.15) is 5.56 Å². The number of nitrogens with one attached hydrogen (secondary N) is 1. The lowest BCUT2D eigenvalue weighted by molar-refractivity contribution is -0.384. The van der Waals surface area contributed by atoms with Gasteiger partial charge in [0, 0.05) is 25.7 Å². The maximum absolute atomic E-state index is 10.8. The molecule has 6 nitrogen and oxygen atoms in total. The van der Waals surface area contributed by atoms with Crippen LogP contribution >= 0.6 is 11.6 Å². The first-order valence-electron chi connectivity index (χ1n) is 6.36. The fourth-order valence-corrected chi connectivity index (χ4v) is 1.72. The standard InChI is InChI=1S/C13H20ClN3O3/c1-16(2)6-8-20-7-5-15-10-11-3-4-12(14)13(9-11)17(18)19/h3-4,9,15H,5-8,10H2,1-2H3. The third-order valence-corrected chi connectivity index (χ3v) is 2.96. The number of halogens is 1. The lowest BCUT2D eigenvalue weighted by Gasteiger charge is -2.10. The van der Waals surface area contributed by atoms with Crippen LogP contribution in [0.5, 0.6) is 0 Å². The van der Waals surface area contributed by atoms with E-state index in [4.69, 9.17) is 16.3 Å². The average molecular weight is 302 g/mol. The van der Waals surface area contributed by atoms with Gasteiger partial charge in [0.2, 0.25) is 0 Å². The predicted octanol–water partition coefficient (Wildman–Crippen LogP) is 1.92. The van der Waals surface area contributed by atoms with Crippen molar-refractivity contribution in [2.24, 2.45) is 0 Å². The van der Waals surface area contributed by atoms with Crippen LogP contribution in [0.4, 0.5) is 5.69 Å². The van der Waals surface area contributed by atoms with E-state index >= 15 is 0 Å². The van der Waals surface area contributed by atoms with Crippen molar-refractivity contribution in [1.82, 2.24) is 10.2 Å². The van der Waals surface area contributed by atoms with E-state index in [-0.39, 0.29) is 10.7 Å². The summed E-state index contributed by atoms with van der Waals surface area (Å²) in [7, 11) is 3.99. The molecule has 1 aromatic carbocycles. The SMILES string of the molecule is CN(C)CCOCCNCc1ccc(Cl)c([N+](=O)[O-])c1. The minimum absolute atomic E-state index is 0.0619. The third kappa shape index (κ3) is 6.29. The van der Waals surface area contributed by atoms with Gasteiger partial charge in [-0.3, -0.25) is 10.1 Å². The van der Waals surface area contributed by atoms with Gasteiger partial charge < -0.3 is 15.0 Å². The summed E-state index contributed by atoms with van der Waals surface area (Å²) in [6, 6.07) is 4.81. The zero-order valence-electron chi connectivity index (χ0n) is 11.8. The Hall–Kier alpha value is -1.21. The number of nitro benzene ring substituents is 1. The molecule has 0 aliphatic rings. The molecule has 0 fully saturated rings. The van der Waals surface area contributed by atoms with Crippen LogP contribution in [0, 0.1) is 10.1 Å². The van der Waals surface area contributed by atoms with Crippen molar-refractivity contribution in [1.29, 1.82) is 0 Å². The highest BCUT2D eigenvalue weighted by molar-refractivity contribution is 6.32. The quantitative estimate of drug-likeness (QED) is 0.429. The van der Waals surface area contributed by atoms with E-state index in [0.29, 0.717) is 26.3 Å². The molecule has 0 heterocycles. The first-order chi connectivity index (χ1) is 9.50. The van der Waals surface area contributed by atoms with Gasteiger partial charge in [0.1, 0.15) is 5.02 Å². The molecular weight excluding hydrogens is 282 g/mol. The normalized spacial score (nSPS) is 11.0. The first-order valence-corrected chi connectivity index (χ1v) is 6.74. The maximum atomic E-state index is 10.8. The zero-order valence-corrected chi connectivity index (χ0v) is 12.5. The Kier molecular flexibility index (Phi) is 7.46. The lowest BCUT2D eigenvalue weighted by Crippen LogP contribution is -2.23. The fourth-order valence-electron chi connectivity index (χ4n) is 1.53. The molecule has 1 aromatic rings. The van der Waals surface area contributed by atoms with Crippen molar-refractivity contribution < 1.29 is 9.66 Å². The Morgan fingerprint density at radius 3 is 2.80 bits per heavy atom. The third-order valence-electron chi connectivity index (χ3n) is 2.64. The van der Waals surface area contributed by atoms with Gasteiger partial charge in [-0.25, -0.2) is 0 Å². The Morgan fingerprint density at radius 1 is 1.40 bits per heavy atom. The molecule has 0 aliphatic carbocycles. The van der Waals surface area contributed by atoms with Crippen molar-refractivity contribution in [2.75, 3.05) is 40.4 Å². The second-order valence-corrected chi connectivity index (χ2v) is 5.04. The number of ether oxygens (including phenoxy) is 1. The van der Waals surface area contributed by atoms with E-state index in [0.717, 1.165) is 12.1 Å². The second kappa shape index (κ2) is 8.86. The average Bonchev–Trinajstić information content (AvgIpc) is 2.38. The van der Waals surface area contributed by atoms with Crippen molar-refractivity contribution in [3.63, 3.8) is 0 Å². The molecule has 0 aliphatic heterocycles. The van der Waals surface area contributed by atoms with Crippen molar-refractivity contribution in [3.8, 4) is 0 Å². The molecule has 1 rings (SSSR count). The number of rotatable bonds is 9. The largest absolute Gasteiger partial charge is 0.379 e. The van der Waals surface area contributed by atoms with E-state index < -0.39 is 4.92 Å². The number of nitro groups is 1. The molecule has 0 spiro atoms. The molecular formula is C13H20ClN3O3. The van der Waals surface area contributed by atoms with Crippen LogP contribution < -0.4 is 5.32 Å². The lowest BCUT2D eigenvalue weighted by atomic mass is 10.2. The number of hydrogen-bond acceptors (Lipinski definition) is 5. The smallest absolute Gasteiger partial charge is 0.288 e. The van der Waals surface area contributed by atoms with Crippen LogP contribution in [0.15, 0.2) is 18.2 Å².